The molecule has 25 heavy (non-hydrogen) atoms. The van der Waals surface area contributed by atoms with Gasteiger partial charge in [-0.15, -0.1) is 0 Å². The molecule has 0 saturated carbocycles. The number of carbonyl (C=O) groups is 2. The topological polar surface area (TPSA) is 104 Å². The van der Waals surface area contributed by atoms with Crippen LogP contribution in [0.3, 0.4) is 0 Å². The van der Waals surface area contributed by atoms with Crippen LogP contribution in [0.15, 0.2) is 0 Å². The molecule has 0 aliphatic rings. The molecule has 0 amide bonds. The van der Waals surface area contributed by atoms with Crippen molar-refractivity contribution in [2.45, 2.75) is 59.0 Å². The van der Waals surface area contributed by atoms with Crippen LogP contribution in [0.1, 0.15) is 54.7 Å². The van der Waals surface area contributed by atoms with Gasteiger partial charge in [-0.1, -0.05) is 27.7 Å². The first kappa shape index (κ1) is 22.3. The normalized spacial score (nSPS) is 14.8. The molecular weight excluding hydrogens is 367 g/mol. The minimum absolute atomic E-state index is 0.0493. The maximum absolute atomic E-state index is 12.6. The molecular formula is C16H31O7PS. The molecule has 1 atom stereocenters. The van der Waals surface area contributed by atoms with E-state index in [9.17, 15) is 22.6 Å². The number of hydrogen-bond acceptors (Lipinski definition) is 7. The monoisotopic (exact) mass is 399 g/mol. The maximum atomic E-state index is 12.6. The summed E-state index contributed by atoms with van der Waals surface area (Å²) >= 11 is 0. The molecule has 0 bridgehead atoms. The molecule has 1 unspecified atom stereocenters. The number of rotatable bonds is 14. The van der Waals surface area contributed by atoms with Crippen molar-refractivity contribution < 1.29 is 33.2 Å². The van der Waals surface area contributed by atoms with Gasteiger partial charge in [0, 0.05) is 26.0 Å². The lowest BCUT2D eigenvalue weighted by Crippen LogP contribution is -2.21. The Morgan fingerprint density at radius 2 is 1.80 bits per heavy atom. The van der Waals surface area contributed by atoms with Crippen molar-refractivity contribution in [2.75, 3.05) is 30.9 Å². The summed E-state index contributed by atoms with van der Waals surface area (Å²) in [7, 11) is -6.47. The molecule has 9 heteroatoms. The Morgan fingerprint density at radius 1 is 1.16 bits per heavy atom. The summed E-state index contributed by atoms with van der Waals surface area (Å²) in [4.78, 5) is 22.5. The third kappa shape index (κ3) is 10.8. The lowest BCUT2D eigenvalue weighted by atomic mass is 10.2. The zero-order chi connectivity index (χ0) is 20.2. The van der Waals surface area contributed by atoms with Gasteiger partial charge in [0.05, 0.1) is 24.5 Å². The summed E-state index contributed by atoms with van der Waals surface area (Å²) in [6.07, 6.45) is 1.10. The van der Waals surface area contributed by atoms with Gasteiger partial charge in [0.25, 0.3) is 0 Å². The first-order chi connectivity index (χ1) is 12.1. The predicted octanol–water partition coefficient (Wildman–Crippen LogP) is 2.82. The van der Waals surface area contributed by atoms with Crippen LogP contribution in [0.2, 0.25) is 0 Å². The van der Waals surface area contributed by atoms with Gasteiger partial charge in [-0.2, -0.15) is 0 Å². The highest BCUT2D eigenvalue weighted by Crippen LogP contribution is 2.51. The van der Waals surface area contributed by atoms with Gasteiger partial charge in [0.2, 0.25) is 7.37 Å². The Balaban J connectivity index is 4.23. The van der Waals surface area contributed by atoms with Gasteiger partial charge in [0.15, 0.2) is 9.84 Å². The van der Waals surface area contributed by atoms with Gasteiger partial charge in [-0.05, 0) is 6.42 Å². The number of carbonyl (C=O) groups excluding carboxylic acids is 2. The number of sulfone groups is 1. The number of ether oxygens (including phenoxy) is 1. The quantitative estimate of drug-likeness (QED) is 0.327. The highest BCUT2D eigenvalue weighted by atomic mass is 32.2. The SMILES string of the molecule is [2H]CCCP(=O)(OCCS(=O)(=O)CCOC(=O)CCC(=O)CC)C(C)C. The van der Waals surface area contributed by atoms with E-state index in [1.807, 2.05) is 0 Å². The van der Waals surface area contributed by atoms with E-state index in [0.29, 0.717) is 12.8 Å². The largest absolute Gasteiger partial charge is 0.465 e. The Hall–Kier alpha value is -0.720. The van der Waals surface area contributed by atoms with Crippen LogP contribution in [0.5, 0.6) is 0 Å². The minimum Gasteiger partial charge on any atom is -0.465 e. The van der Waals surface area contributed by atoms with Gasteiger partial charge in [-0.3, -0.25) is 14.2 Å². The molecule has 0 saturated heterocycles. The van der Waals surface area contributed by atoms with E-state index >= 15 is 0 Å². The van der Waals surface area contributed by atoms with Crippen molar-refractivity contribution in [3.05, 3.63) is 0 Å². The van der Waals surface area contributed by atoms with E-state index in [2.05, 4.69) is 0 Å². The molecule has 0 rings (SSSR count). The summed E-state index contributed by atoms with van der Waals surface area (Å²) in [5.74, 6) is -1.30. The van der Waals surface area contributed by atoms with E-state index in [1.165, 1.54) is 0 Å². The van der Waals surface area contributed by atoms with Gasteiger partial charge in [0.1, 0.15) is 12.4 Å². The van der Waals surface area contributed by atoms with Crippen LogP contribution < -0.4 is 0 Å². The summed E-state index contributed by atoms with van der Waals surface area (Å²) in [5, 5.41) is 0. The number of hydrogen-bond donors (Lipinski definition) is 0. The Kier molecular flexibility index (Phi) is 10.5. The summed E-state index contributed by atoms with van der Waals surface area (Å²) in [6.45, 7) is 4.89. The number of esters is 1. The molecule has 0 N–H and O–H groups in total. The average molecular weight is 399 g/mol. The second-order valence-corrected chi connectivity index (χ2v) is 11.5. The third-order valence-corrected chi connectivity index (χ3v) is 8.33. The van der Waals surface area contributed by atoms with Crippen molar-refractivity contribution in [2.24, 2.45) is 0 Å². The van der Waals surface area contributed by atoms with E-state index in [0.717, 1.165) is 0 Å². The van der Waals surface area contributed by atoms with E-state index in [4.69, 9.17) is 10.6 Å². The molecule has 0 aliphatic heterocycles. The summed E-state index contributed by atoms with van der Waals surface area (Å²) in [5.41, 5.74) is -0.233. The summed E-state index contributed by atoms with van der Waals surface area (Å²) < 4.78 is 53.9. The fourth-order valence-electron chi connectivity index (χ4n) is 1.89. The first-order valence-corrected chi connectivity index (χ1v) is 12.2. The zero-order valence-corrected chi connectivity index (χ0v) is 17.1. The fourth-order valence-corrected chi connectivity index (χ4v) is 4.67. The zero-order valence-electron chi connectivity index (χ0n) is 16.4. The average Bonchev–Trinajstić information content (AvgIpc) is 2.57. The van der Waals surface area contributed by atoms with Crippen LogP contribution in [-0.4, -0.2) is 56.7 Å². The second kappa shape index (κ2) is 11.8. The molecule has 0 aromatic heterocycles. The maximum Gasteiger partial charge on any atom is 0.306 e. The van der Waals surface area contributed by atoms with Crippen LogP contribution in [0, 0.1) is 0 Å². The highest BCUT2D eigenvalue weighted by molar-refractivity contribution is 7.91. The highest BCUT2D eigenvalue weighted by Gasteiger charge is 2.27. The number of Topliss-reactive ketones (excluding diaryl/α,β-unsaturated/α-hetero) is 1. The molecule has 0 radical (unpaired) electrons. The van der Waals surface area contributed by atoms with Crippen molar-refractivity contribution in [1.29, 1.82) is 0 Å². The second-order valence-electron chi connectivity index (χ2n) is 5.99. The molecule has 0 spiro atoms. The van der Waals surface area contributed by atoms with Crippen LogP contribution >= 0.6 is 7.37 Å². The van der Waals surface area contributed by atoms with Gasteiger partial charge in [-0.25, -0.2) is 8.42 Å². The first-order valence-electron chi connectivity index (χ1n) is 9.17. The van der Waals surface area contributed by atoms with Crippen molar-refractivity contribution in [3.63, 3.8) is 0 Å². The lowest BCUT2D eigenvalue weighted by molar-refractivity contribution is -0.144. The molecule has 0 aromatic rings. The minimum atomic E-state index is -3.51. The van der Waals surface area contributed by atoms with E-state index in [-0.39, 0.29) is 62.1 Å². The molecule has 7 nitrogen and oxygen atoms in total. The van der Waals surface area contributed by atoms with E-state index < -0.39 is 23.2 Å². The molecule has 0 heterocycles. The van der Waals surface area contributed by atoms with Crippen molar-refractivity contribution >= 4 is 29.0 Å². The number of ketones is 1. The molecule has 0 fully saturated rings. The van der Waals surface area contributed by atoms with Crippen LogP contribution in [0.25, 0.3) is 0 Å². The van der Waals surface area contributed by atoms with Gasteiger partial charge >= 0.3 is 5.97 Å². The Morgan fingerprint density at radius 3 is 2.36 bits per heavy atom. The van der Waals surface area contributed by atoms with Gasteiger partial charge < -0.3 is 9.26 Å². The molecule has 0 aliphatic carbocycles. The lowest BCUT2D eigenvalue weighted by Gasteiger charge is -2.21. The Labute approximate surface area is 152 Å². The standard InChI is InChI=1S/C16H31O7PS/c1-5-11-24(19,14(3)4)23-10-13-25(20,21)12-9-22-16(18)8-7-15(17)6-2/h14H,5-13H2,1-4H3/i1D. The smallest absolute Gasteiger partial charge is 0.306 e. The molecule has 148 valence electrons. The van der Waals surface area contributed by atoms with Crippen LogP contribution in [-0.2, 0) is 33.3 Å². The van der Waals surface area contributed by atoms with Crippen molar-refractivity contribution in [3.8, 4) is 0 Å². The summed E-state index contributed by atoms with van der Waals surface area (Å²) in [6, 6.07) is 0. The predicted molar refractivity (Wildman–Crippen MR) is 98.0 cm³/mol. The Bertz CT molecular complexity index is 589. The van der Waals surface area contributed by atoms with Crippen LogP contribution in [0.4, 0.5) is 0 Å². The third-order valence-electron chi connectivity index (χ3n) is 3.62. The molecule has 0 aromatic carbocycles. The van der Waals surface area contributed by atoms with Crippen molar-refractivity contribution in [1.82, 2.24) is 0 Å². The van der Waals surface area contributed by atoms with E-state index in [1.54, 1.807) is 20.8 Å². The fraction of sp³-hybridized carbons (Fsp3) is 0.875.